The highest BCUT2D eigenvalue weighted by molar-refractivity contribution is 6.32. The number of rotatable bonds is 4. The van der Waals surface area contributed by atoms with E-state index >= 15 is 0 Å². The van der Waals surface area contributed by atoms with E-state index in [-0.39, 0.29) is 6.04 Å². The zero-order chi connectivity index (χ0) is 14.5. The zero-order valence-corrected chi connectivity index (χ0v) is 12.4. The molecule has 102 valence electrons. The fraction of sp³-hybridized carbons (Fsp3) is 0.235. The number of hydrogen-bond acceptors (Lipinski definition) is 2. The number of anilines is 1. The third-order valence-electron chi connectivity index (χ3n) is 3.23. The SMILES string of the molecule is CC(C)N(Cc1ccccc1)c1cccc(Cl)c1C#N. The number of hydrogen-bond donors (Lipinski definition) is 0. The summed E-state index contributed by atoms with van der Waals surface area (Å²) < 4.78 is 0. The van der Waals surface area contributed by atoms with Crippen LogP contribution in [0, 0.1) is 11.3 Å². The summed E-state index contributed by atoms with van der Waals surface area (Å²) in [5, 5.41) is 9.84. The molecule has 2 aromatic carbocycles. The monoisotopic (exact) mass is 284 g/mol. The third kappa shape index (κ3) is 3.12. The Labute approximate surface area is 125 Å². The van der Waals surface area contributed by atoms with Crippen molar-refractivity contribution < 1.29 is 0 Å². The first kappa shape index (κ1) is 14.4. The molecule has 2 nitrogen and oxygen atoms in total. The summed E-state index contributed by atoms with van der Waals surface area (Å²) in [6.45, 7) is 4.99. The molecule has 3 heteroatoms. The second-order valence-corrected chi connectivity index (χ2v) is 5.36. The quantitative estimate of drug-likeness (QED) is 0.819. The van der Waals surface area contributed by atoms with Crippen LogP contribution in [0.3, 0.4) is 0 Å². The molecule has 0 aromatic heterocycles. The molecule has 0 aliphatic carbocycles. The normalized spacial score (nSPS) is 10.3. The second-order valence-electron chi connectivity index (χ2n) is 4.95. The lowest BCUT2D eigenvalue weighted by atomic mass is 10.1. The number of nitrogens with zero attached hydrogens (tertiary/aromatic N) is 2. The first-order valence-corrected chi connectivity index (χ1v) is 7.00. The van der Waals surface area contributed by atoms with E-state index in [9.17, 15) is 5.26 Å². The van der Waals surface area contributed by atoms with Gasteiger partial charge in [0.05, 0.1) is 16.3 Å². The van der Waals surface area contributed by atoms with Crippen LogP contribution in [0.1, 0.15) is 25.0 Å². The van der Waals surface area contributed by atoms with Crippen LogP contribution in [-0.4, -0.2) is 6.04 Å². The minimum Gasteiger partial charge on any atom is -0.364 e. The van der Waals surface area contributed by atoms with Crippen molar-refractivity contribution in [1.29, 1.82) is 5.26 Å². The van der Waals surface area contributed by atoms with Crippen molar-refractivity contribution >= 4 is 17.3 Å². The maximum Gasteiger partial charge on any atom is 0.103 e. The molecule has 0 atom stereocenters. The fourth-order valence-electron chi connectivity index (χ4n) is 2.19. The lowest BCUT2D eigenvalue weighted by Gasteiger charge is -2.30. The summed E-state index contributed by atoms with van der Waals surface area (Å²) in [6.07, 6.45) is 0. The average Bonchev–Trinajstić information content (AvgIpc) is 2.45. The van der Waals surface area contributed by atoms with Gasteiger partial charge in [-0.3, -0.25) is 0 Å². The lowest BCUT2D eigenvalue weighted by Crippen LogP contribution is -2.30. The molecule has 0 spiro atoms. The Morgan fingerprint density at radius 1 is 1.10 bits per heavy atom. The molecule has 20 heavy (non-hydrogen) atoms. The van der Waals surface area contributed by atoms with Gasteiger partial charge in [-0.15, -0.1) is 0 Å². The molecular weight excluding hydrogens is 268 g/mol. The van der Waals surface area contributed by atoms with Crippen LogP contribution in [0.25, 0.3) is 0 Å². The molecule has 2 rings (SSSR count). The maximum atomic E-state index is 9.33. The van der Waals surface area contributed by atoms with Crippen molar-refractivity contribution in [2.75, 3.05) is 4.90 Å². The van der Waals surface area contributed by atoms with Gasteiger partial charge in [-0.25, -0.2) is 0 Å². The van der Waals surface area contributed by atoms with Crippen LogP contribution in [0.4, 0.5) is 5.69 Å². The van der Waals surface area contributed by atoms with Crippen LogP contribution >= 0.6 is 11.6 Å². The van der Waals surface area contributed by atoms with Gasteiger partial charge < -0.3 is 4.90 Å². The average molecular weight is 285 g/mol. The Hall–Kier alpha value is -1.98. The lowest BCUT2D eigenvalue weighted by molar-refractivity contribution is 0.682. The Morgan fingerprint density at radius 3 is 2.40 bits per heavy atom. The zero-order valence-electron chi connectivity index (χ0n) is 11.7. The summed E-state index contributed by atoms with van der Waals surface area (Å²) in [6, 6.07) is 18.3. The minimum absolute atomic E-state index is 0.278. The predicted octanol–water partition coefficient (Wildman–Crippen LogP) is 4.63. The standard InChI is InChI=1S/C17H17ClN2/c1-13(2)20(12-14-7-4-3-5-8-14)17-10-6-9-16(18)15(17)11-19/h3-10,13H,12H2,1-2H3. The van der Waals surface area contributed by atoms with Crippen LogP contribution in [0.2, 0.25) is 5.02 Å². The first-order chi connectivity index (χ1) is 9.63. The Kier molecular flexibility index (Phi) is 4.65. The van der Waals surface area contributed by atoms with E-state index in [0.717, 1.165) is 12.2 Å². The predicted molar refractivity (Wildman–Crippen MR) is 83.9 cm³/mol. The summed E-state index contributed by atoms with van der Waals surface area (Å²) in [7, 11) is 0. The molecule has 0 bridgehead atoms. The fourth-order valence-corrected chi connectivity index (χ4v) is 2.40. The number of nitriles is 1. The summed E-state index contributed by atoms with van der Waals surface area (Å²) in [5.41, 5.74) is 2.64. The molecule has 0 fully saturated rings. The van der Waals surface area contributed by atoms with Crippen molar-refractivity contribution in [2.24, 2.45) is 0 Å². The maximum absolute atomic E-state index is 9.33. The highest BCUT2D eigenvalue weighted by Crippen LogP contribution is 2.29. The number of benzene rings is 2. The molecule has 0 saturated heterocycles. The third-order valence-corrected chi connectivity index (χ3v) is 3.55. The smallest absolute Gasteiger partial charge is 0.103 e. The molecule has 0 saturated carbocycles. The van der Waals surface area contributed by atoms with Crippen molar-refractivity contribution in [3.05, 3.63) is 64.7 Å². The molecule has 2 aromatic rings. The van der Waals surface area contributed by atoms with E-state index in [1.807, 2.05) is 30.3 Å². The molecule has 0 heterocycles. The number of halogens is 1. The highest BCUT2D eigenvalue weighted by Gasteiger charge is 2.16. The van der Waals surface area contributed by atoms with Crippen LogP contribution < -0.4 is 4.90 Å². The van der Waals surface area contributed by atoms with E-state index in [1.165, 1.54) is 5.56 Å². The van der Waals surface area contributed by atoms with Gasteiger partial charge in [-0.2, -0.15) is 5.26 Å². The Morgan fingerprint density at radius 2 is 1.80 bits per heavy atom. The van der Waals surface area contributed by atoms with E-state index in [2.05, 4.69) is 36.9 Å². The highest BCUT2D eigenvalue weighted by atomic mass is 35.5. The van der Waals surface area contributed by atoms with Crippen LogP contribution in [-0.2, 0) is 6.54 Å². The molecular formula is C17H17ClN2. The molecule has 0 aliphatic heterocycles. The molecule has 0 amide bonds. The van der Waals surface area contributed by atoms with E-state index < -0.39 is 0 Å². The molecule has 0 aliphatic rings. The van der Waals surface area contributed by atoms with Gasteiger partial charge >= 0.3 is 0 Å². The first-order valence-electron chi connectivity index (χ1n) is 6.62. The Balaban J connectivity index is 2.40. The van der Waals surface area contributed by atoms with Gasteiger partial charge in [0.1, 0.15) is 6.07 Å². The molecule has 0 N–H and O–H groups in total. The van der Waals surface area contributed by atoms with Gasteiger partial charge in [0.25, 0.3) is 0 Å². The van der Waals surface area contributed by atoms with E-state index in [4.69, 9.17) is 11.6 Å². The molecule has 0 radical (unpaired) electrons. The Bertz CT molecular complexity index is 615. The van der Waals surface area contributed by atoms with Crippen molar-refractivity contribution in [3.8, 4) is 6.07 Å². The molecule has 0 unspecified atom stereocenters. The van der Waals surface area contributed by atoms with Crippen molar-refractivity contribution in [1.82, 2.24) is 0 Å². The van der Waals surface area contributed by atoms with Gasteiger partial charge in [0.15, 0.2) is 0 Å². The van der Waals surface area contributed by atoms with E-state index in [1.54, 1.807) is 6.07 Å². The van der Waals surface area contributed by atoms with Crippen LogP contribution in [0.15, 0.2) is 48.5 Å². The summed E-state index contributed by atoms with van der Waals surface area (Å²) in [4.78, 5) is 2.19. The van der Waals surface area contributed by atoms with Gasteiger partial charge in [-0.1, -0.05) is 48.0 Å². The van der Waals surface area contributed by atoms with Crippen molar-refractivity contribution in [3.63, 3.8) is 0 Å². The van der Waals surface area contributed by atoms with Gasteiger partial charge in [0.2, 0.25) is 0 Å². The largest absolute Gasteiger partial charge is 0.364 e. The topological polar surface area (TPSA) is 27.0 Å². The van der Waals surface area contributed by atoms with Crippen molar-refractivity contribution in [2.45, 2.75) is 26.4 Å². The summed E-state index contributed by atoms with van der Waals surface area (Å²) >= 11 is 6.13. The van der Waals surface area contributed by atoms with Gasteiger partial charge in [0, 0.05) is 12.6 Å². The van der Waals surface area contributed by atoms with Crippen LogP contribution in [0.5, 0.6) is 0 Å². The van der Waals surface area contributed by atoms with Gasteiger partial charge in [-0.05, 0) is 31.5 Å². The minimum atomic E-state index is 0.278. The second kappa shape index (κ2) is 6.45. The van der Waals surface area contributed by atoms with E-state index in [0.29, 0.717) is 10.6 Å². The summed E-state index contributed by atoms with van der Waals surface area (Å²) in [5.74, 6) is 0.